The van der Waals surface area contributed by atoms with Crippen LogP contribution in [0.5, 0.6) is 0 Å². The first-order valence-corrected chi connectivity index (χ1v) is 9.39. The van der Waals surface area contributed by atoms with Crippen LogP contribution < -0.4 is 0 Å². The Morgan fingerprint density at radius 2 is 1.86 bits per heavy atom. The van der Waals surface area contributed by atoms with Crippen LogP contribution in [0, 0.1) is 0 Å². The summed E-state index contributed by atoms with van der Waals surface area (Å²) in [4.78, 5) is 2.62. The van der Waals surface area contributed by atoms with E-state index >= 15 is 0 Å². The molecule has 21 heavy (non-hydrogen) atoms. The summed E-state index contributed by atoms with van der Waals surface area (Å²) in [6, 6.07) is 5.62. The number of aliphatic hydroxyl groups excluding tert-OH is 1. The molecule has 1 saturated carbocycles. The van der Waals surface area contributed by atoms with E-state index in [4.69, 9.17) is 0 Å². The molecule has 0 spiro atoms. The lowest BCUT2D eigenvalue weighted by atomic mass is 10.2. The average molecular weight is 375 g/mol. The zero-order chi connectivity index (χ0) is 15.0. The Kier molecular flexibility index (Phi) is 4.38. The van der Waals surface area contributed by atoms with E-state index in [2.05, 4.69) is 20.8 Å². The SMILES string of the molecule is O=S(=O)(c1cc(CO)ccc1Br)N1CCN(C2CC2)CC1. The number of aliphatic hydroxyl groups is 1. The maximum Gasteiger partial charge on any atom is 0.244 e. The molecule has 7 heteroatoms. The normalized spacial score (nSPS) is 21.6. The summed E-state index contributed by atoms with van der Waals surface area (Å²) in [5.74, 6) is 0. The Morgan fingerprint density at radius 3 is 2.43 bits per heavy atom. The minimum atomic E-state index is -3.51. The second-order valence-electron chi connectivity index (χ2n) is 5.59. The van der Waals surface area contributed by atoms with Crippen LogP contribution in [0.25, 0.3) is 0 Å². The molecule has 5 nitrogen and oxygen atoms in total. The number of halogens is 1. The fourth-order valence-electron chi connectivity index (χ4n) is 2.73. The van der Waals surface area contributed by atoms with Gasteiger partial charge in [-0.15, -0.1) is 0 Å². The molecular weight excluding hydrogens is 356 g/mol. The molecule has 1 aliphatic carbocycles. The fourth-order valence-corrected chi connectivity index (χ4v) is 5.13. The highest BCUT2D eigenvalue weighted by Gasteiger charge is 2.35. The summed E-state index contributed by atoms with van der Waals surface area (Å²) in [6.07, 6.45) is 2.49. The van der Waals surface area contributed by atoms with E-state index in [0.717, 1.165) is 13.1 Å². The lowest BCUT2D eigenvalue weighted by molar-refractivity contribution is 0.180. The summed E-state index contributed by atoms with van der Waals surface area (Å²) < 4.78 is 27.6. The second-order valence-corrected chi connectivity index (χ2v) is 8.35. The molecular formula is C14H19BrN2O3S. The molecule has 0 unspecified atom stereocenters. The van der Waals surface area contributed by atoms with Crippen molar-refractivity contribution in [3.05, 3.63) is 28.2 Å². The smallest absolute Gasteiger partial charge is 0.244 e. The zero-order valence-electron chi connectivity index (χ0n) is 11.7. The summed E-state index contributed by atoms with van der Waals surface area (Å²) in [5, 5.41) is 9.20. The van der Waals surface area contributed by atoms with Crippen LogP contribution >= 0.6 is 15.9 Å². The molecule has 1 aliphatic heterocycles. The van der Waals surface area contributed by atoms with E-state index < -0.39 is 10.0 Å². The van der Waals surface area contributed by atoms with Crippen molar-refractivity contribution in [2.75, 3.05) is 26.2 Å². The topological polar surface area (TPSA) is 60.9 Å². The number of piperazine rings is 1. The third-order valence-corrected chi connectivity index (χ3v) is 7.03. The zero-order valence-corrected chi connectivity index (χ0v) is 14.1. The molecule has 1 aromatic carbocycles. The lowest BCUT2D eigenvalue weighted by Gasteiger charge is -2.34. The van der Waals surface area contributed by atoms with Gasteiger partial charge in [0, 0.05) is 36.7 Å². The number of sulfonamides is 1. The molecule has 1 saturated heterocycles. The first-order valence-electron chi connectivity index (χ1n) is 7.16. The summed E-state index contributed by atoms with van der Waals surface area (Å²) >= 11 is 3.31. The molecule has 1 aromatic rings. The first kappa shape index (κ1) is 15.4. The van der Waals surface area contributed by atoms with Crippen LogP contribution in [-0.4, -0.2) is 55.0 Å². The quantitative estimate of drug-likeness (QED) is 0.865. The first-order chi connectivity index (χ1) is 10.0. The molecule has 0 bridgehead atoms. The van der Waals surface area contributed by atoms with Crippen LogP contribution in [0.15, 0.2) is 27.6 Å². The number of hydrogen-bond donors (Lipinski definition) is 1. The van der Waals surface area contributed by atoms with E-state index in [-0.39, 0.29) is 11.5 Å². The Labute approximate surface area is 133 Å². The molecule has 1 heterocycles. The second kappa shape index (κ2) is 5.96. The molecule has 1 N–H and O–H groups in total. The Balaban J connectivity index is 1.80. The number of nitrogens with zero attached hydrogens (tertiary/aromatic N) is 2. The third kappa shape index (κ3) is 3.17. The fraction of sp³-hybridized carbons (Fsp3) is 0.571. The Morgan fingerprint density at radius 1 is 1.19 bits per heavy atom. The monoisotopic (exact) mass is 374 g/mol. The van der Waals surface area contributed by atoms with Crippen molar-refractivity contribution >= 4 is 26.0 Å². The summed E-state index contributed by atoms with van der Waals surface area (Å²) in [5.41, 5.74) is 0.605. The van der Waals surface area contributed by atoms with Crippen molar-refractivity contribution < 1.29 is 13.5 Å². The van der Waals surface area contributed by atoms with E-state index in [1.54, 1.807) is 22.5 Å². The predicted octanol–water partition coefficient (Wildman–Crippen LogP) is 1.41. The van der Waals surface area contributed by atoms with Crippen molar-refractivity contribution in [2.45, 2.75) is 30.4 Å². The maximum atomic E-state index is 12.8. The van der Waals surface area contributed by atoms with Crippen LogP contribution in [0.1, 0.15) is 18.4 Å². The van der Waals surface area contributed by atoms with Crippen LogP contribution in [0.3, 0.4) is 0 Å². The van der Waals surface area contributed by atoms with Gasteiger partial charge in [-0.1, -0.05) is 6.07 Å². The van der Waals surface area contributed by atoms with Crippen molar-refractivity contribution in [3.8, 4) is 0 Å². The molecule has 0 amide bonds. The lowest BCUT2D eigenvalue weighted by Crippen LogP contribution is -2.49. The van der Waals surface area contributed by atoms with Gasteiger partial charge < -0.3 is 5.11 Å². The maximum absolute atomic E-state index is 12.8. The summed E-state index contributed by atoms with van der Waals surface area (Å²) in [6.45, 7) is 2.52. The molecule has 0 radical (unpaired) electrons. The highest BCUT2D eigenvalue weighted by atomic mass is 79.9. The standard InChI is InChI=1S/C14H19BrN2O3S/c15-13-4-1-11(10-18)9-14(13)21(19,20)17-7-5-16(6-8-17)12-2-3-12/h1,4,9,12,18H,2-3,5-8,10H2. The van der Waals surface area contributed by atoms with Gasteiger partial charge in [-0.3, -0.25) is 4.90 Å². The molecule has 2 aliphatic rings. The van der Waals surface area contributed by atoms with Gasteiger partial charge in [0.05, 0.1) is 11.5 Å². The van der Waals surface area contributed by atoms with Crippen molar-refractivity contribution in [2.24, 2.45) is 0 Å². The van der Waals surface area contributed by atoms with Crippen molar-refractivity contribution in [3.63, 3.8) is 0 Å². The largest absolute Gasteiger partial charge is 0.392 e. The van der Waals surface area contributed by atoms with Gasteiger partial charge in [-0.25, -0.2) is 8.42 Å². The molecule has 2 fully saturated rings. The van der Waals surface area contributed by atoms with Gasteiger partial charge >= 0.3 is 0 Å². The number of rotatable bonds is 4. The van der Waals surface area contributed by atoms with Crippen LogP contribution in [0.4, 0.5) is 0 Å². The third-order valence-electron chi connectivity index (χ3n) is 4.13. The van der Waals surface area contributed by atoms with E-state index in [1.165, 1.54) is 12.8 Å². The van der Waals surface area contributed by atoms with Gasteiger partial charge in [0.15, 0.2) is 0 Å². The Hall–Kier alpha value is -0.470. The van der Waals surface area contributed by atoms with Gasteiger partial charge in [0.2, 0.25) is 10.0 Å². The van der Waals surface area contributed by atoms with Crippen LogP contribution in [0.2, 0.25) is 0 Å². The van der Waals surface area contributed by atoms with Crippen LogP contribution in [-0.2, 0) is 16.6 Å². The molecule has 116 valence electrons. The van der Waals surface area contributed by atoms with Gasteiger partial charge in [0.25, 0.3) is 0 Å². The van der Waals surface area contributed by atoms with Crippen molar-refractivity contribution in [1.82, 2.24) is 9.21 Å². The molecule has 0 atom stereocenters. The predicted molar refractivity (Wildman–Crippen MR) is 83.4 cm³/mol. The van der Waals surface area contributed by atoms with Gasteiger partial charge in [0.1, 0.15) is 0 Å². The van der Waals surface area contributed by atoms with Crippen molar-refractivity contribution in [1.29, 1.82) is 0 Å². The van der Waals surface area contributed by atoms with Gasteiger partial charge in [-0.2, -0.15) is 4.31 Å². The number of hydrogen-bond acceptors (Lipinski definition) is 4. The highest BCUT2D eigenvalue weighted by molar-refractivity contribution is 9.10. The number of benzene rings is 1. The molecule has 3 rings (SSSR count). The minimum Gasteiger partial charge on any atom is -0.392 e. The van der Waals surface area contributed by atoms with E-state index in [9.17, 15) is 13.5 Å². The molecule has 0 aromatic heterocycles. The highest BCUT2D eigenvalue weighted by Crippen LogP contribution is 2.30. The summed E-state index contributed by atoms with van der Waals surface area (Å²) in [7, 11) is -3.51. The average Bonchev–Trinajstić information content (AvgIpc) is 3.32. The minimum absolute atomic E-state index is 0.161. The Bertz CT molecular complexity index is 623. The van der Waals surface area contributed by atoms with Gasteiger partial charge in [-0.05, 0) is 46.5 Å². The van der Waals surface area contributed by atoms with E-state index in [1.807, 2.05) is 0 Å². The van der Waals surface area contributed by atoms with E-state index in [0.29, 0.717) is 29.2 Å².